The first-order chi connectivity index (χ1) is 6.02. The highest BCUT2D eigenvalue weighted by atomic mass is 79.9. The molecule has 1 amide bonds. The highest BCUT2D eigenvalue weighted by Gasteiger charge is 2.14. The maximum atomic E-state index is 11.1. The highest BCUT2D eigenvalue weighted by molar-refractivity contribution is 9.11. The van der Waals surface area contributed by atoms with Crippen molar-refractivity contribution in [3.63, 3.8) is 0 Å². The van der Waals surface area contributed by atoms with Crippen LogP contribution in [0.4, 0.5) is 0 Å². The van der Waals surface area contributed by atoms with Crippen LogP contribution in [0.2, 0.25) is 0 Å². The molecule has 0 unspecified atom stereocenters. The molecule has 0 atom stereocenters. The number of esters is 1. The Morgan fingerprint density at radius 3 is 2.31 bits per heavy atom. The van der Waals surface area contributed by atoms with Crippen LogP contribution in [-0.4, -0.2) is 19.0 Å². The predicted octanol–water partition coefficient (Wildman–Crippen LogP) is 1.31. The van der Waals surface area contributed by atoms with Crippen molar-refractivity contribution >= 4 is 27.8 Å². The quantitative estimate of drug-likeness (QED) is 0.607. The Morgan fingerprint density at radius 2 is 2.00 bits per heavy atom. The van der Waals surface area contributed by atoms with Gasteiger partial charge in [0.25, 0.3) is 0 Å². The molecular weight excluding hydrogens is 238 g/mol. The lowest BCUT2D eigenvalue weighted by molar-refractivity contribution is -0.137. The van der Waals surface area contributed by atoms with E-state index < -0.39 is 5.97 Å². The van der Waals surface area contributed by atoms with Crippen molar-refractivity contribution in [1.29, 1.82) is 0 Å². The lowest BCUT2D eigenvalue weighted by Crippen LogP contribution is -2.26. The van der Waals surface area contributed by atoms with Gasteiger partial charge in [0.15, 0.2) is 0 Å². The number of halogens is 1. The zero-order chi connectivity index (χ0) is 10.4. The monoisotopic (exact) mass is 249 g/mol. The summed E-state index contributed by atoms with van der Waals surface area (Å²) in [4.78, 5) is 21.8. The van der Waals surface area contributed by atoms with Crippen LogP contribution in [0.1, 0.15) is 20.3 Å². The molecule has 13 heavy (non-hydrogen) atoms. The van der Waals surface area contributed by atoms with E-state index in [0.29, 0.717) is 10.9 Å². The fourth-order valence-corrected chi connectivity index (χ4v) is 0.945. The molecule has 0 fully saturated rings. The standard InChI is InChI=1S/C8H12BrNO3/c1-4-6(9)7(8(12)13-3)10-5(2)11/h4H2,1-3H3,(H,10,11)/b7-6-. The summed E-state index contributed by atoms with van der Waals surface area (Å²) < 4.78 is 5.11. The van der Waals surface area contributed by atoms with Crippen LogP contribution in [0.5, 0.6) is 0 Å². The van der Waals surface area contributed by atoms with Crippen LogP contribution in [-0.2, 0) is 14.3 Å². The SMILES string of the molecule is CC/C(Br)=C(/NC(C)=O)C(=O)OC. The summed E-state index contributed by atoms with van der Waals surface area (Å²) in [6.07, 6.45) is 0.616. The van der Waals surface area contributed by atoms with E-state index >= 15 is 0 Å². The maximum Gasteiger partial charge on any atom is 0.355 e. The Balaban J connectivity index is 4.75. The van der Waals surface area contributed by atoms with Crippen LogP contribution in [0.25, 0.3) is 0 Å². The molecule has 0 aliphatic rings. The molecule has 74 valence electrons. The molecule has 0 saturated carbocycles. The average molecular weight is 250 g/mol. The largest absolute Gasteiger partial charge is 0.464 e. The van der Waals surface area contributed by atoms with Gasteiger partial charge in [0, 0.05) is 11.4 Å². The van der Waals surface area contributed by atoms with Crippen LogP contribution >= 0.6 is 15.9 Å². The number of rotatable bonds is 3. The molecule has 4 nitrogen and oxygen atoms in total. The predicted molar refractivity (Wildman–Crippen MR) is 52.1 cm³/mol. The number of carbonyl (C=O) groups is 2. The summed E-state index contributed by atoms with van der Waals surface area (Å²) >= 11 is 3.18. The van der Waals surface area contributed by atoms with E-state index in [1.54, 1.807) is 0 Å². The molecular formula is C8H12BrNO3. The first-order valence-corrected chi connectivity index (χ1v) is 4.56. The molecule has 0 heterocycles. The normalized spacial score (nSPS) is 11.7. The summed E-state index contributed by atoms with van der Waals surface area (Å²) in [7, 11) is 1.26. The molecule has 0 bridgehead atoms. The van der Waals surface area contributed by atoms with Gasteiger partial charge < -0.3 is 10.1 Å². The summed E-state index contributed by atoms with van der Waals surface area (Å²) in [5.41, 5.74) is 0.164. The molecule has 0 aliphatic carbocycles. The van der Waals surface area contributed by atoms with E-state index in [9.17, 15) is 9.59 Å². The number of methoxy groups -OCH3 is 1. The van der Waals surface area contributed by atoms with E-state index in [4.69, 9.17) is 0 Å². The van der Waals surface area contributed by atoms with E-state index in [-0.39, 0.29) is 11.6 Å². The van der Waals surface area contributed by atoms with E-state index in [2.05, 4.69) is 26.0 Å². The molecule has 0 aliphatic heterocycles. The van der Waals surface area contributed by atoms with E-state index in [0.717, 1.165) is 0 Å². The zero-order valence-electron chi connectivity index (χ0n) is 7.81. The topological polar surface area (TPSA) is 55.4 Å². The summed E-state index contributed by atoms with van der Waals surface area (Å²) in [6.45, 7) is 3.19. The van der Waals surface area contributed by atoms with Crippen LogP contribution in [0.3, 0.4) is 0 Å². The highest BCUT2D eigenvalue weighted by Crippen LogP contribution is 2.14. The lowest BCUT2D eigenvalue weighted by atomic mass is 10.3. The third-order valence-corrected chi connectivity index (χ3v) is 2.23. The van der Waals surface area contributed by atoms with Crippen molar-refractivity contribution in [3.8, 4) is 0 Å². The number of hydrogen-bond donors (Lipinski definition) is 1. The minimum Gasteiger partial charge on any atom is -0.464 e. The first kappa shape index (κ1) is 12.2. The van der Waals surface area contributed by atoms with Crippen molar-refractivity contribution in [1.82, 2.24) is 5.32 Å². The molecule has 5 heteroatoms. The van der Waals surface area contributed by atoms with Crippen molar-refractivity contribution in [2.75, 3.05) is 7.11 Å². The fourth-order valence-electron chi connectivity index (χ4n) is 0.684. The Kier molecular flexibility index (Phi) is 5.37. The number of allylic oxidation sites excluding steroid dienone is 1. The van der Waals surface area contributed by atoms with E-state index in [1.165, 1.54) is 14.0 Å². The van der Waals surface area contributed by atoms with Gasteiger partial charge in [-0.25, -0.2) is 4.79 Å². The van der Waals surface area contributed by atoms with Crippen molar-refractivity contribution in [2.45, 2.75) is 20.3 Å². The fraction of sp³-hybridized carbons (Fsp3) is 0.500. The number of hydrogen-bond acceptors (Lipinski definition) is 3. The van der Waals surface area contributed by atoms with Gasteiger partial charge in [-0.15, -0.1) is 0 Å². The average Bonchev–Trinajstić information content (AvgIpc) is 2.11. The number of nitrogens with one attached hydrogen (secondary N) is 1. The van der Waals surface area contributed by atoms with Gasteiger partial charge in [0.05, 0.1) is 7.11 Å². The van der Waals surface area contributed by atoms with Gasteiger partial charge >= 0.3 is 5.97 Å². The molecule has 0 radical (unpaired) electrons. The van der Waals surface area contributed by atoms with Crippen molar-refractivity contribution < 1.29 is 14.3 Å². The maximum absolute atomic E-state index is 11.1. The summed E-state index contributed by atoms with van der Waals surface area (Å²) in [5, 5.41) is 2.40. The molecule has 0 saturated heterocycles. The lowest BCUT2D eigenvalue weighted by Gasteiger charge is -2.07. The molecule has 0 rings (SSSR count). The Labute approximate surface area is 85.5 Å². The van der Waals surface area contributed by atoms with E-state index in [1.807, 2.05) is 6.92 Å². The second-order valence-corrected chi connectivity index (χ2v) is 3.26. The van der Waals surface area contributed by atoms with Gasteiger partial charge in [0.2, 0.25) is 5.91 Å². The second kappa shape index (κ2) is 5.75. The second-order valence-electron chi connectivity index (χ2n) is 2.31. The van der Waals surface area contributed by atoms with Crippen LogP contribution in [0, 0.1) is 0 Å². The van der Waals surface area contributed by atoms with Crippen molar-refractivity contribution in [2.24, 2.45) is 0 Å². The van der Waals surface area contributed by atoms with Crippen molar-refractivity contribution in [3.05, 3.63) is 10.2 Å². The third-order valence-electron chi connectivity index (χ3n) is 1.27. The molecule has 0 aromatic heterocycles. The van der Waals surface area contributed by atoms with Gasteiger partial charge in [-0.2, -0.15) is 0 Å². The van der Waals surface area contributed by atoms with Gasteiger partial charge in [-0.05, 0) is 6.42 Å². The zero-order valence-corrected chi connectivity index (χ0v) is 9.40. The van der Waals surface area contributed by atoms with Gasteiger partial charge in [0.1, 0.15) is 5.70 Å². The van der Waals surface area contributed by atoms with Crippen LogP contribution in [0.15, 0.2) is 10.2 Å². The number of carbonyl (C=O) groups excluding carboxylic acids is 2. The molecule has 0 aromatic rings. The minimum atomic E-state index is -0.552. The Bertz CT molecular complexity index is 248. The Hall–Kier alpha value is -0.840. The summed E-state index contributed by atoms with van der Waals surface area (Å²) in [5.74, 6) is -0.852. The summed E-state index contributed by atoms with van der Waals surface area (Å²) in [6, 6.07) is 0. The van der Waals surface area contributed by atoms with Gasteiger partial charge in [-0.1, -0.05) is 22.9 Å². The number of amides is 1. The number of ether oxygens (including phenoxy) is 1. The minimum absolute atomic E-state index is 0.164. The third kappa shape index (κ3) is 4.07. The smallest absolute Gasteiger partial charge is 0.355 e. The first-order valence-electron chi connectivity index (χ1n) is 3.77. The van der Waals surface area contributed by atoms with Crippen LogP contribution < -0.4 is 5.32 Å². The molecule has 1 N–H and O–H groups in total. The Morgan fingerprint density at radius 1 is 1.46 bits per heavy atom. The molecule has 0 aromatic carbocycles. The molecule has 0 spiro atoms. The van der Waals surface area contributed by atoms with Gasteiger partial charge in [-0.3, -0.25) is 4.79 Å².